The predicted octanol–water partition coefficient (Wildman–Crippen LogP) is 7.38. The highest BCUT2D eigenvalue weighted by Crippen LogP contribution is 2.31. The van der Waals surface area contributed by atoms with Gasteiger partial charge in [-0.3, -0.25) is 4.18 Å². The third-order valence-electron chi connectivity index (χ3n) is 7.48. The number of hydrogen-bond donors (Lipinski definition) is 0. The Kier molecular flexibility index (Phi) is 9.08. The van der Waals surface area contributed by atoms with Crippen molar-refractivity contribution in [1.82, 2.24) is 4.31 Å². The first-order valence-electron chi connectivity index (χ1n) is 14.1. The van der Waals surface area contributed by atoms with Crippen molar-refractivity contribution >= 4 is 41.7 Å². The number of rotatable bonds is 12. The predicted molar refractivity (Wildman–Crippen MR) is 168 cm³/mol. The van der Waals surface area contributed by atoms with Crippen molar-refractivity contribution in [2.45, 2.75) is 49.4 Å². The van der Waals surface area contributed by atoms with E-state index in [0.717, 1.165) is 38.2 Å². The van der Waals surface area contributed by atoms with Crippen molar-refractivity contribution in [1.29, 1.82) is 0 Å². The topological polar surface area (TPSA) is 80.8 Å². The molecular formula is C34H35NO5S2. The fourth-order valence-electron chi connectivity index (χ4n) is 5.11. The zero-order valence-corrected chi connectivity index (χ0v) is 25.5. The molecule has 218 valence electrons. The monoisotopic (exact) mass is 601 g/mol. The number of unbranched alkanes of at least 4 members (excludes halogenated alkanes) is 2. The SMILES string of the molecule is Cc1ccc(S(=O)(=O)OCCCCCN(Cc2c3ccccc3cc3ccccc23)S(=O)(=O)c2ccc(C)cc2)cc1. The van der Waals surface area contributed by atoms with Crippen LogP contribution in [0.15, 0.2) is 113 Å². The normalized spacial score (nSPS) is 12.4. The van der Waals surface area contributed by atoms with E-state index in [1.54, 1.807) is 28.6 Å². The molecule has 5 aromatic rings. The highest BCUT2D eigenvalue weighted by Gasteiger charge is 2.26. The third-order valence-corrected chi connectivity index (χ3v) is 10.7. The van der Waals surface area contributed by atoms with Crippen LogP contribution in [0.25, 0.3) is 21.5 Å². The molecule has 0 aliphatic heterocycles. The van der Waals surface area contributed by atoms with Gasteiger partial charge in [0.05, 0.1) is 16.4 Å². The van der Waals surface area contributed by atoms with Crippen molar-refractivity contribution < 1.29 is 21.0 Å². The van der Waals surface area contributed by atoms with Crippen molar-refractivity contribution in [2.75, 3.05) is 13.2 Å². The molecule has 0 heterocycles. The Morgan fingerprint density at radius 3 is 1.71 bits per heavy atom. The minimum Gasteiger partial charge on any atom is -0.266 e. The first-order chi connectivity index (χ1) is 20.1. The van der Waals surface area contributed by atoms with Crippen LogP contribution in [0.1, 0.15) is 36.0 Å². The van der Waals surface area contributed by atoms with Crippen LogP contribution in [0.4, 0.5) is 0 Å². The minimum atomic E-state index is -3.83. The number of aryl methyl sites for hydroxylation is 2. The van der Waals surface area contributed by atoms with E-state index in [-0.39, 0.29) is 22.9 Å². The molecule has 0 bridgehead atoms. The van der Waals surface area contributed by atoms with Crippen LogP contribution in [0.3, 0.4) is 0 Å². The van der Waals surface area contributed by atoms with E-state index in [4.69, 9.17) is 4.18 Å². The van der Waals surface area contributed by atoms with E-state index >= 15 is 0 Å². The second kappa shape index (κ2) is 12.8. The summed E-state index contributed by atoms with van der Waals surface area (Å²) < 4.78 is 59.8. The van der Waals surface area contributed by atoms with Crippen LogP contribution in [0.2, 0.25) is 0 Å². The van der Waals surface area contributed by atoms with E-state index in [1.165, 1.54) is 12.1 Å². The maximum Gasteiger partial charge on any atom is 0.296 e. The zero-order chi connectivity index (χ0) is 29.7. The average Bonchev–Trinajstić information content (AvgIpc) is 2.98. The number of fused-ring (bicyclic) bond motifs is 2. The first-order valence-corrected chi connectivity index (χ1v) is 16.9. The number of hydrogen-bond acceptors (Lipinski definition) is 5. The highest BCUT2D eigenvalue weighted by atomic mass is 32.2. The Bertz CT molecular complexity index is 1850. The Morgan fingerprint density at radius 1 is 0.619 bits per heavy atom. The average molecular weight is 602 g/mol. The smallest absolute Gasteiger partial charge is 0.266 e. The molecule has 0 amide bonds. The fraction of sp³-hybridized carbons (Fsp3) is 0.235. The van der Waals surface area contributed by atoms with Gasteiger partial charge in [-0.25, -0.2) is 8.42 Å². The molecule has 8 heteroatoms. The van der Waals surface area contributed by atoms with Gasteiger partial charge in [0, 0.05) is 13.1 Å². The summed E-state index contributed by atoms with van der Waals surface area (Å²) in [5.41, 5.74) is 2.92. The quantitative estimate of drug-likeness (QED) is 0.0847. The lowest BCUT2D eigenvalue weighted by molar-refractivity contribution is 0.303. The molecule has 0 N–H and O–H groups in total. The molecule has 6 nitrogen and oxygen atoms in total. The molecular weight excluding hydrogens is 567 g/mol. The van der Waals surface area contributed by atoms with Gasteiger partial charge in [0.15, 0.2) is 0 Å². The van der Waals surface area contributed by atoms with Crippen LogP contribution in [0.5, 0.6) is 0 Å². The maximum atomic E-state index is 14.0. The standard InChI is InChI=1S/C34H35NO5S2/c1-26-14-18-30(19-15-26)41(36,37)35(22-8-3-9-23-40-42(38,39)31-20-16-27(2)17-21-31)25-34-32-12-6-4-10-28(32)24-29-11-5-7-13-33(29)34/h4-7,10-21,24H,3,8-9,22-23,25H2,1-2H3. The molecule has 0 unspecified atom stereocenters. The van der Waals surface area contributed by atoms with Crippen molar-refractivity contribution in [3.05, 3.63) is 120 Å². The first kappa shape index (κ1) is 29.9. The van der Waals surface area contributed by atoms with E-state index in [1.807, 2.05) is 62.4 Å². The second-order valence-corrected chi connectivity index (χ2v) is 14.2. The summed E-state index contributed by atoms with van der Waals surface area (Å²) in [5, 5.41) is 4.17. The van der Waals surface area contributed by atoms with Crippen molar-refractivity contribution in [3.63, 3.8) is 0 Å². The molecule has 0 aliphatic rings. The van der Waals surface area contributed by atoms with E-state index in [2.05, 4.69) is 18.2 Å². The molecule has 0 atom stereocenters. The molecule has 5 rings (SSSR count). The number of benzene rings is 5. The highest BCUT2D eigenvalue weighted by molar-refractivity contribution is 7.89. The molecule has 0 aliphatic carbocycles. The lowest BCUT2D eigenvalue weighted by Crippen LogP contribution is -2.32. The van der Waals surface area contributed by atoms with Gasteiger partial charge < -0.3 is 0 Å². The van der Waals surface area contributed by atoms with Crippen LogP contribution < -0.4 is 0 Å². The molecule has 0 saturated heterocycles. The van der Waals surface area contributed by atoms with Gasteiger partial charge in [0.25, 0.3) is 10.1 Å². The fourth-order valence-corrected chi connectivity index (χ4v) is 7.50. The summed E-state index contributed by atoms with van der Waals surface area (Å²) in [5.74, 6) is 0. The van der Waals surface area contributed by atoms with Crippen LogP contribution in [-0.2, 0) is 30.9 Å². The summed E-state index contributed by atoms with van der Waals surface area (Å²) in [6.07, 6.45) is 1.65. The van der Waals surface area contributed by atoms with E-state index in [9.17, 15) is 16.8 Å². The Hall–Kier alpha value is -3.56. The van der Waals surface area contributed by atoms with Crippen molar-refractivity contribution in [3.8, 4) is 0 Å². The Morgan fingerprint density at radius 2 is 1.14 bits per heavy atom. The Balaban J connectivity index is 1.35. The maximum absolute atomic E-state index is 14.0. The van der Waals surface area contributed by atoms with Gasteiger partial charge in [-0.15, -0.1) is 0 Å². The molecule has 0 spiro atoms. The van der Waals surface area contributed by atoms with Crippen molar-refractivity contribution in [2.24, 2.45) is 0 Å². The number of sulfonamides is 1. The summed E-state index contributed by atoms with van der Waals surface area (Å²) >= 11 is 0. The third kappa shape index (κ3) is 6.73. The second-order valence-electron chi connectivity index (χ2n) is 10.6. The number of nitrogens with zero attached hydrogens (tertiary/aromatic N) is 1. The lowest BCUT2D eigenvalue weighted by atomic mass is 9.97. The van der Waals surface area contributed by atoms with Gasteiger partial charge in [0.1, 0.15) is 0 Å². The zero-order valence-electron chi connectivity index (χ0n) is 23.9. The molecule has 0 saturated carbocycles. The summed E-state index contributed by atoms with van der Waals surface area (Å²) in [6.45, 7) is 4.36. The van der Waals surface area contributed by atoms with E-state index in [0.29, 0.717) is 25.8 Å². The van der Waals surface area contributed by atoms with Gasteiger partial charge in [-0.05, 0) is 90.6 Å². The molecule has 0 aromatic heterocycles. The molecule has 5 aromatic carbocycles. The lowest BCUT2D eigenvalue weighted by Gasteiger charge is -2.24. The van der Waals surface area contributed by atoms with Crippen LogP contribution in [0, 0.1) is 13.8 Å². The van der Waals surface area contributed by atoms with E-state index < -0.39 is 20.1 Å². The largest absolute Gasteiger partial charge is 0.296 e. The molecule has 0 radical (unpaired) electrons. The van der Waals surface area contributed by atoms with Crippen LogP contribution in [-0.4, -0.2) is 34.3 Å². The van der Waals surface area contributed by atoms with Gasteiger partial charge in [0.2, 0.25) is 10.0 Å². The summed E-state index contributed by atoms with van der Waals surface area (Å²) in [7, 11) is -7.63. The van der Waals surface area contributed by atoms with Crippen LogP contribution >= 0.6 is 0 Å². The van der Waals surface area contributed by atoms with Gasteiger partial charge in [-0.2, -0.15) is 12.7 Å². The molecule has 42 heavy (non-hydrogen) atoms. The Labute approximate surface area is 248 Å². The summed E-state index contributed by atoms with van der Waals surface area (Å²) in [4.78, 5) is 0.385. The van der Waals surface area contributed by atoms with Gasteiger partial charge in [-0.1, -0.05) is 83.9 Å². The minimum absolute atomic E-state index is 0.0366. The van der Waals surface area contributed by atoms with Gasteiger partial charge >= 0.3 is 0 Å². The summed E-state index contributed by atoms with van der Waals surface area (Å²) in [6, 6.07) is 31.7. The molecule has 0 fully saturated rings.